The molecular formula is C6H4BrCl2NO. The molecular weight excluding hydrogens is 253 g/mol. The lowest BCUT2D eigenvalue weighted by Gasteiger charge is -1.90. The van der Waals surface area contributed by atoms with Gasteiger partial charge in [-0.05, 0) is 39.7 Å². The molecule has 0 unspecified atom stereocenters. The molecule has 1 heterocycles. The van der Waals surface area contributed by atoms with Gasteiger partial charge in [-0.1, -0.05) is 0 Å². The predicted octanol–water partition coefficient (Wildman–Crippen LogP) is 2.64. The van der Waals surface area contributed by atoms with Gasteiger partial charge in [0.25, 0.3) is 5.24 Å². The molecule has 11 heavy (non-hydrogen) atoms. The van der Waals surface area contributed by atoms with Crippen LogP contribution in [0.1, 0.15) is 10.5 Å². The number of aromatic nitrogens is 1. The lowest BCUT2D eigenvalue weighted by molar-refractivity contribution is 0.107. The monoisotopic (exact) mass is 255 g/mol. The van der Waals surface area contributed by atoms with E-state index in [4.69, 9.17) is 11.6 Å². The molecule has 0 saturated heterocycles. The standard InChI is InChI=1S/C6H3BrClNO.ClH/c7-4-1-2-5(6(8)10)9-3-4;/h1-3H;1H. The summed E-state index contributed by atoms with van der Waals surface area (Å²) in [6, 6.07) is 3.27. The Labute approximate surface area is 83.5 Å². The van der Waals surface area contributed by atoms with Gasteiger partial charge in [0, 0.05) is 10.7 Å². The third-order valence-electron chi connectivity index (χ3n) is 0.929. The van der Waals surface area contributed by atoms with Gasteiger partial charge in [-0.25, -0.2) is 0 Å². The quantitative estimate of drug-likeness (QED) is 0.724. The van der Waals surface area contributed by atoms with E-state index in [0.717, 1.165) is 4.47 Å². The second kappa shape index (κ2) is 4.70. The molecule has 0 aliphatic rings. The molecule has 0 aromatic carbocycles. The summed E-state index contributed by atoms with van der Waals surface area (Å²) < 4.78 is 0.828. The first kappa shape index (κ1) is 10.9. The van der Waals surface area contributed by atoms with Crippen LogP contribution in [0, 0.1) is 0 Å². The van der Waals surface area contributed by atoms with Gasteiger partial charge in [-0.2, -0.15) is 0 Å². The second-order valence-corrected chi connectivity index (χ2v) is 2.89. The van der Waals surface area contributed by atoms with Gasteiger partial charge in [0.05, 0.1) is 0 Å². The molecule has 0 aliphatic carbocycles. The van der Waals surface area contributed by atoms with Crippen molar-refractivity contribution in [3.63, 3.8) is 0 Å². The predicted molar refractivity (Wildman–Crippen MR) is 49.4 cm³/mol. The zero-order valence-corrected chi connectivity index (χ0v) is 8.41. The highest BCUT2D eigenvalue weighted by molar-refractivity contribution is 9.10. The van der Waals surface area contributed by atoms with Crippen LogP contribution in [0.4, 0.5) is 0 Å². The van der Waals surface area contributed by atoms with Gasteiger partial charge >= 0.3 is 0 Å². The maximum absolute atomic E-state index is 10.4. The molecule has 2 nitrogen and oxygen atoms in total. The minimum absolute atomic E-state index is 0. The van der Waals surface area contributed by atoms with E-state index in [0.29, 0.717) is 0 Å². The van der Waals surface area contributed by atoms with E-state index >= 15 is 0 Å². The number of hydrogen-bond donors (Lipinski definition) is 0. The summed E-state index contributed by atoms with van der Waals surface area (Å²) in [5.41, 5.74) is 0.268. The van der Waals surface area contributed by atoms with Crippen LogP contribution >= 0.6 is 39.9 Å². The summed E-state index contributed by atoms with van der Waals surface area (Å²) in [6.07, 6.45) is 1.52. The van der Waals surface area contributed by atoms with Crippen LogP contribution in [-0.2, 0) is 0 Å². The molecule has 1 aromatic heterocycles. The molecule has 1 aromatic rings. The second-order valence-electron chi connectivity index (χ2n) is 1.64. The van der Waals surface area contributed by atoms with Gasteiger partial charge in [0.2, 0.25) is 0 Å². The summed E-state index contributed by atoms with van der Waals surface area (Å²) in [6.45, 7) is 0. The maximum atomic E-state index is 10.4. The number of halogens is 3. The fourth-order valence-corrected chi connectivity index (χ4v) is 0.838. The van der Waals surface area contributed by atoms with Crippen LogP contribution in [0.25, 0.3) is 0 Å². The number of nitrogens with zero attached hydrogens (tertiary/aromatic N) is 1. The highest BCUT2D eigenvalue weighted by Crippen LogP contribution is 2.08. The molecule has 5 heteroatoms. The third kappa shape index (κ3) is 3.18. The summed E-state index contributed by atoms with van der Waals surface area (Å²) in [4.78, 5) is 14.2. The molecule has 0 N–H and O–H groups in total. The fraction of sp³-hybridized carbons (Fsp3) is 0. The fourth-order valence-electron chi connectivity index (χ4n) is 0.492. The average molecular weight is 257 g/mol. The lowest BCUT2D eigenvalue weighted by atomic mass is 10.4. The largest absolute Gasteiger partial charge is 0.274 e. The Bertz CT molecular complexity index is 249. The van der Waals surface area contributed by atoms with Crippen LogP contribution in [-0.4, -0.2) is 10.2 Å². The summed E-state index contributed by atoms with van der Waals surface area (Å²) in [7, 11) is 0. The number of rotatable bonds is 1. The lowest BCUT2D eigenvalue weighted by Crippen LogP contribution is -1.91. The first-order chi connectivity index (χ1) is 4.70. The number of pyridine rings is 1. The Morgan fingerprint density at radius 3 is 2.55 bits per heavy atom. The van der Waals surface area contributed by atoms with E-state index in [9.17, 15) is 4.79 Å². The Kier molecular flexibility index (Phi) is 4.65. The molecule has 0 fully saturated rings. The van der Waals surface area contributed by atoms with E-state index in [2.05, 4.69) is 20.9 Å². The number of carbonyl (C=O) groups is 1. The van der Waals surface area contributed by atoms with E-state index in [1.54, 1.807) is 12.1 Å². The zero-order chi connectivity index (χ0) is 7.56. The van der Waals surface area contributed by atoms with Crippen LogP contribution in [0.3, 0.4) is 0 Å². The van der Waals surface area contributed by atoms with Crippen molar-refractivity contribution >= 4 is 45.2 Å². The molecule has 0 bridgehead atoms. The Morgan fingerprint density at radius 2 is 2.18 bits per heavy atom. The van der Waals surface area contributed by atoms with Crippen molar-refractivity contribution in [1.82, 2.24) is 4.98 Å². The number of hydrogen-bond acceptors (Lipinski definition) is 2. The summed E-state index contributed by atoms with van der Waals surface area (Å²) in [5.74, 6) is 0. The molecule has 0 aliphatic heterocycles. The third-order valence-corrected chi connectivity index (χ3v) is 1.59. The van der Waals surface area contributed by atoms with Gasteiger partial charge in [0.1, 0.15) is 5.69 Å². The molecule has 0 spiro atoms. The first-order valence-electron chi connectivity index (χ1n) is 2.51. The maximum Gasteiger partial charge on any atom is 0.270 e. The Balaban J connectivity index is 0.000001000. The van der Waals surface area contributed by atoms with Crippen LogP contribution < -0.4 is 0 Å². The molecule has 0 amide bonds. The van der Waals surface area contributed by atoms with E-state index < -0.39 is 5.24 Å². The SMILES string of the molecule is Cl.O=C(Cl)c1ccc(Br)cn1. The van der Waals surface area contributed by atoms with Crippen LogP contribution in [0.2, 0.25) is 0 Å². The first-order valence-corrected chi connectivity index (χ1v) is 3.68. The van der Waals surface area contributed by atoms with Crippen molar-refractivity contribution < 1.29 is 4.79 Å². The minimum atomic E-state index is -0.535. The van der Waals surface area contributed by atoms with E-state index in [-0.39, 0.29) is 18.1 Å². The van der Waals surface area contributed by atoms with Gasteiger partial charge in [-0.3, -0.25) is 9.78 Å². The summed E-state index contributed by atoms with van der Waals surface area (Å²) in [5, 5.41) is -0.535. The van der Waals surface area contributed by atoms with E-state index in [1.165, 1.54) is 6.20 Å². The van der Waals surface area contributed by atoms with Crippen molar-refractivity contribution in [1.29, 1.82) is 0 Å². The average Bonchev–Trinajstić information content (AvgIpc) is 1.88. The molecule has 0 radical (unpaired) electrons. The van der Waals surface area contributed by atoms with Crippen LogP contribution in [0.15, 0.2) is 22.8 Å². The smallest absolute Gasteiger partial charge is 0.270 e. The number of carbonyl (C=O) groups excluding carboxylic acids is 1. The highest BCUT2D eigenvalue weighted by Gasteiger charge is 2.00. The van der Waals surface area contributed by atoms with Crippen molar-refractivity contribution in [2.45, 2.75) is 0 Å². The van der Waals surface area contributed by atoms with Crippen LogP contribution in [0.5, 0.6) is 0 Å². The molecule has 1 rings (SSSR count). The Morgan fingerprint density at radius 1 is 1.55 bits per heavy atom. The topological polar surface area (TPSA) is 30.0 Å². The normalized spacial score (nSPS) is 8.55. The van der Waals surface area contributed by atoms with Crippen molar-refractivity contribution in [3.8, 4) is 0 Å². The van der Waals surface area contributed by atoms with Crippen molar-refractivity contribution in [2.24, 2.45) is 0 Å². The van der Waals surface area contributed by atoms with Gasteiger partial charge in [-0.15, -0.1) is 12.4 Å². The zero-order valence-electron chi connectivity index (χ0n) is 5.25. The molecule has 0 atom stereocenters. The molecule has 0 saturated carbocycles. The highest BCUT2D eigenvalue weighted by atomic mass is 79.9. The molecule has 60 valence electrons. The minimum Gasteiger partial charge on any atom is -0.274 e. The van der Waals surface area contributed by atoms with Gasteiger partial charge in [0.15, 0.2) is 0 Å². The van der Waals surface area contributed by atoms with Crippen molar-refractivity contribution in [2.75, 3.05) is 0 Å². The van der Waals surface area contributed by atoms with Gasteiger partial charge < -0.3 is 0 Å². The van der Waals surface area contributed by atoms with E-state index in [1.807, 2.05) is 0 Å². The van der Waals surface area contributed by atoms with Crippen molar-refractivity contribution in [3.05, 3.63) is 28.5 Å². The summed E-state index contributed by atoms with van der Waals surface area (Å²) >= 11 is 8.32. The Hall–Kier alpha value is -0.120.